The molecular formula is C11H14ClN. The van der Waals surface area contributed by atoms with Crippen LogP contribution in [0, 0.1) is 13.8 Å². The van der Waals surface area contributed by atoms with E-state index >= 15 is 0 Å². The van der Waals surface area contributed by atoms with Crippen molar-refractivity contribution in [2.45, 2.75) is 13.8 Å². The van der Waals surface area contributed by atoms with Crippen molar-refractivity contribution in [2.75, 3.05) is 6.54 Å². The van der Waals surface area contributed by atoms with Crippen molar-refractivity contribution in [3.8, 4) is 0 Å². The molecule has 1 nitrogen and oxygen atoms in total. The Hall–Kier alpha value is -0.790. The van der Waals surface area contributed by atoms with Crippen LogP contribution in [0.2, 0.25) is 5.02 Å². The van der Waals surface area contributed by atoms with Gasteiger partial charge in [0.2, 0.25) is 0 Å². The zero-order valence-corrected chi connectivity index (χ0v) is 8.73. The first kappa shape index (κ1) is 10.3. The van der Waals surface area contributed by atoms with Crippen molar-refractivity contribution in [3.63, 3.8) is 0 Å². The average Bonchev–Trinajstić information content (AvgIpc) is 2.12. The molecule has 0 heterocycles. The molecule has 70 valence electrons. The van der Waals surface area contributed by atoms with Crippen LogP contribution in [0.15, 0.2) is 18.2 Å². The highest BCUT2D eigenvalue weighted by molar-refractivity contribution is 6.31. The summed E-state index contributed by atoms with van der Waals surface area (Å²) in [6, 6.07) is 3.94. The van der Waals surface area contributed by atoms with Gasteiger partial charge < -0.3 is 5.73 Å². The molecule has 0 aromatic heterocycles. The summed E-state index contributed by atoms with van der Waals surface area (Å²) in [6.45, 7) is 4.65. The van der Waals surface area contributed by atoms with Gasteiger partial charge >= 0.3 is 0 Å². The molecule has 0 radical (unpaired) electrons. The summed E-state index contributed by atoms with van der Waals surface area (Å²) in [5, 5.41) is 0.808. The van der Waals surface area contributed by atoms with Crippen LogP contribution < -0.4 is 5.73 Å². The molecule has 0 unspecified atom stereocenters. The van der Waals surface area contributed by atoms with Crippen LogP contribution in [-0.4, -0.2) is 6.54 Å². The first-order valence-electron chi connectivity index (χ1n) is 4.29. The van der Waals surface area contributed by atoms with Crippen molar-refractivity contribution < 1.29 is 0 Å². The topological polar surface area (TPSA) is 26.0 Å². The van der Waals surface area contributed by atoms with Gasteiger partial charge in [0.05, 0.1) is 0 Å². The lowest BCUT2D eigenvalue weighted by atomic mass is 10.0. The summed E-state index contributed by atoms with van der Waals surface area (Å²) < 4.78 is 0. The molecule has 0 aliphatic rings. The fourth-order valence-corrected chi connectivity index (χ4v) is 1.44. The maximum Gasteiger partial charge on any atom is 0.0441 e. The highest BCUT2D eigenvalue weighted by atomic mass is 35.5. The number of aryl methyl sites for hydroxylation is 1. The second kappa shape index (κ2) is 4.45. The number of halogens is 1. The summed E-state index contributed by atoms with van der Waals surface area (Å²) in [4.78, 5) is 0. The van der Waals surface area contributed by atoms with E-state index in [0.29, 0.717) is 6.54 Å². The van der Waals surface area contributed by atoms with E-state index in [1.807, 2.05) is 31.2 Å². The number of nitrogens with two attached hydrogens (primary N) is 1. The van der Waals surface area contributed by atoms with Crippen LogP contribution >= 0.6 is 11.6 Å². The van der Waals surface area contributed by atoms with E-state index in [1.54, 1.807) is 0 Å². The highest BCUT2D eigenvalue weighted by Gasteiger charge is 2.01. The lowest BCUT2D eigenvalue weighted by Gasteiger charge is -2.06. The van der Waals surface area contributed by atoms with E-state index < -0.39 is 0 Å². The minimum atomic E-state index is 0.561. The fourth-order valence-electron chi connectivity index (χ4n) is 1.28. The molecule has 0 saturated carbocycles. The highest BCUT2D eigenvalue weighted by Crippen LogP contribution is 2.23. The molecule has 0 aliphatic heterocycles. The Morgan fingerprint density at radius 2 is 2.08 bits per heavy atom. The number of hydrogen-bond acceptors (Lipinski definition) is 1. The Kier molecular flexibility index (Phi) is 3.52. The molecular weight excluding hydrogens is 182 g/mol. The van der Waals surface area contributed by atoms with E-state index in [2.05, 4.69) is 6.92 Å². The first-order valence-corrected chi connectivity index (χ1v) is 4.67. The van der Waals surface area contributed by atoms with Crippen molar-refractivity contribution in [3.05, 3.63) is 39.9 Å². The SMILES string of the molecule is Cc1ccc(Cl)c(C)c1/C=C/CN. The van der Waals surface area contributed by atoms with E-state index in [-0.39, 0.29) is 0 Å². The first-order chi connectivity index (χ1) is 6.16. The van der Waals surface area contributed by atoms with Crippen LogP contribution in [0.1, 0.15) is 16.7 Å². The van der Waals surface area contributed by atoms with Crippen molar-refractivity contribution in [2.24, 2.45) is 5.73 Å². The molecule has 0 saturated heterocycles. The third-order valence-corrected chi connectivity index (χ3v) is 2.50. The van der Waals surface area contributed by atoms with Gasteiger partial charge in [0, 0.05) is 11.6 Å². The third kappa shape index (κ3) is 2.33. The number of rotatable bonds is 2. The predicted molar refractivity (Wildman–Crippen MR) is 59.0 cm³/mol. The fraction of sp³-hybridized carbons (Fsp3) is 0.273. The molecule has 1 aromatic rings. The number of benzene rings is 1. The smallest absolute Gasteiger partial charge is 0.0441 e. The summed E-state index contributed by atoms with van der Waals surface area (Å²) in [5.74, 6) is 0. The maximum absolute atomic E-state index is 6.00. The summed E-state index contributed by atoms with van der Waals surface area (Å²) in [7, 11) is 0. The Bertz CT molecular complexity index is 329. The molecule has 0 atom stereocenters. The quantitative estimate of drug-likeness (QED) is 0.772. The van der Waals surface area contributed by atoms with Crippen molar-refractivity contribution in [1.82, 2.24) is 0 Å². The normalized spacial score (nSPS) is 11.1. The van der Waals surface area contributed by atoms with E-state index in [9.17, 15) is 0 Å². The van der Waals surface area contributed by atoms with Gasteiger partial charge in [-0.15, -0.1) is 0 Å². The monoisotopic (exact) mass is 195 g/mol. The summed E-state index contributed by atoms with van der Waals surface area (Å²) in [6.07, 6.45) is 3.96. The minimum Gasteiger partial charge on any atom is -0.327 e. The van der Waals surface area contributed by atoms with Gasteiger partial charge in [-0.1, -0.05) is 29.8 Å². The van der Waals surface area contributed by atoms with Crippen LogP contribution in [0.25, 0.3) is 6.08 Å². The molecule has 13 heavy (non-hydrogen) atoms. The molecule has 0 bridgehead atoms. The second-order valence-corrected chi connectivity index (χ2v) is 3.45. The molecule has 0 fully saturated rings. The molecule has 0 aliphatic carbocycles. The van der Waals surface area contributed by atoms with Gasteiger partial charge in [0.25, 0.3) is 0 Å². The van der Waals surface area contributed by atoms with Gasteiger partial charge in [-0.3, -0.25) is 0 Å². The third-order valence-electron chi connectivity index (χ3n) is 2.09. The zero-order valence-electron chi connectivity index (χ0n) is 7.97. The summed E-state index contributed by atoms with van der Waals surface area (Å²) in [5.41, 5.74) is 8.92. The summed E-state index contributed by atoms with van der Waals surface area (Å²) >= 11 is 6.00. The van der Waals surface area contributed by atoms with E-state index in [1.165, 1.54) is 11.1 Å². The largest absolute Gasteiger partial charge is 0.327 e. The Balaban J connectivity index is 3.17. The van der Waals surface area contributed by atoms with Gasteiger partial charge in [-0.2, -0.15) is 0 Å². The maximum atomic E-state index is 6.00. The van der Waals surface area contributed by atoms with Crippen LogP contribution in [-0.2, 0) is 0 Å². The van der Waals surface area contributed by atoms with Crippen LogP contribution in [0.5, 0.6) is 0 Å². The second-order valence-electron chi connectivity index (χ2n) is 3.04. The predicted octanol–water partition coefficient (Wildman–Crippen LogP) is 2.93. The standard InChI is InChI=1S/C11H14ClN/c1-8-5-6-11(12)9(2)10(8)4-3-7-13/h3-6H,7,13H2,1-2H3/b4-3+. The van der Waals surface area contributed by atoms with Gasteiger partial charge in [-0.05, 0) is 36.6 Å². The van der Waals surface area contributed by atoms with Gasteiger partial charge in [-0.25, -0.2) is 0 Å². The Labute approximate surface area is 84.2 Å². The van der Waals surface area contributed by atoms with Crippen LogP contribution in [0.4, 0.5) is 0 Å². The van der Waals surface area contributed by atoms with Gasteiger partial charge in [0.15, 0.2) is 0 Å². The molecule has 1 rings (SSSR count). The molecule has 2 N–H and O–H groups in total. The minimum absolute atomic E-state index is 0.561. The Morgan fingerprint density at radius 1 is 1.38 bits per heavy atom. The zero-order chi connectivity index (χ0) is 9.84. The molecule has 1 aromatic carbocycles. The van der Waals surface area contributed by atoms with Crippen molar-refractivity contribution in [1.29, 1.82) is 0 Å². The van der Waals surface area contributed by atoms with Crippen molar-refractivity contribution >= 4 is 17.7 Å². The van der Waals surface area contributed by atoms with E-state index in [4.69, 9.17) is 17.3 Å². The Morgan fingerprint density at radius 3 is 2.69 bits per heavy atom. The lowest BCUT2D eigenvalue weighted by molar-refractivity contribution is 1.26. The van der Waals surface area contributed by atoms with E-state index in [0.717, 1.165) is 10.6 Å². The molecule has 2 heteroatoms. The molecule has 0 amide bonds. The average molecular weight is 196 g/mol. The molecule has 0 spiro atoms. The number of hydrogen-bond donors (Lipinski definition) is 1. The van der Waals surface area contributed by atoms with Gasteiger partial charge in [0.1, 0.15) is 0 Å². The lowest BCUT2D eigenvalue weighted by Crippen LogP contribution is -1.93. The van der Waals surface area contributed by atoms with Crippen LogP contribution in [0.3, 0.4) is 0 Å².